The topological polar surface area (TPSA) is 41.7 Å². The minimum Gasteiger partial charge on any atom is -0.497 e. The smallest absolute Gasteiger partial charge is 0.119 e. The van der Waals surface area contributed by atoms with Gasteiger partial charge in [0.25, 0.3) is 0 Å². The average Bonchev–Trinajstić information content (AvgIpc) is 2.56. The summed E-state index contributed by atoms with van der Waals surface area (Å²) in [4.78, 5) is 4.85. The van der Waals surface area contributed by atoms with Crippen molar-refractivity contribution >= 4 is 39.7 Å². The molecule has 2 aromatic carbocycles. The summed E-state index contributed by atoms with van der Waals surface area (Å²) < 4.78 is 5.65. The van der Waals surface area contributed by atoms with Gasteiger partial charge in [0.15, 0.2) is 0 Å². The zero-order chi connectivity index (χ0) is 15.5. The van der Waals surface area contributed by atoms with Gasteiger partial charge in [-0.15, -0.1) is 0 Å². The first-order valence-corrected chi connectivity index (χ1v) is 8.57. The monoisotopic (exact) mass is 409 g/mol. The van der Waals surface area contributed by atoms with E-state index >= 15 is 0 Å². The molecule has 0 amide bonds. The van der Waals surface area contributed by atoms with Crippen LogP contribution < -0.4 is 20.3 Å². The van der Waals surface area contributed by atoms with E-state index in [2.05, 4.69) is 56.7 Å². The van der Waals surface area contributed by atoms with Crippen molar-refractivity contribution in [3.8, 4) is 5.75 Å². The van der Waals surface area contributed by atoms with Gasteiger partial charge in [-0.05, 0) is 48.5 Å². The molecular formula is C17H20IN3O. The molecule has 1 unspecified atom stereocenters. The second-order valence-corrected chi connectivity index (χ2v) is 6.80. The van der Waals surface area contributed by atoms with E-state index in [-0.39, 0.29) is 0 Å². The molecule has 116 valence electrons. The van der Waals surface area contributed by atoms with Crippen LogP contribution in [0.4, 0.5) is 17.1 Å². The van der Waals surface area contributed by atoms with E-state index in [1.54, 1.807) is 7.11 Å². The lowest BCUT2D eigenvalue weighted by atomic mass is 10.2. The van der Waals surface area contributed by atoms with Crippen molar-refractivity contribution in [2.24, 2.45) is 0 Å². The third kappa shape index (κ3) is 3.24. The maximum atomic E-state index is 5.77. The number of rotatable bonds is 3. The van der Waals surface area contributed by atoms with Crippen molar-refractivity contribution in [3.63, 3.8) is 0 Å². The fourth-order valence-electron chi connectivity index (χ4n) is 2.72. The van der Waals surface area contributed by atoms with E-state index in [4.69, 9.17) is 10.5 Å². The van der Waals surface area contributed by atoms with Gasteiger partial charge in [0.2, 0.25) is 0 Å². The number of nitrogens with two attached hydrogens (primary N) is 1. The standard InChI is InChI=1S/C17H20IN3O/c1-22-16-8-6-14(7-9-16)20-10-11-21(17(18)12-20)15-4-2-13(19)3-5-15/h2-9,17H,10-12,19H2,1H3. The lowest BCUT2D eigenvalue weighted by Crippen LogP contribution is -2.50. The number of piperazine rings is 1. The minimum atomic E-state index is 0.428. The van der Waals surface area contributed by atoms with E-state index in [0.29, 0.717) is 4.05 Å². The molecule has 1 fully saturated rings. The van der Waals surface area contributed by atoms with Crippen LogP contribution in [0.5, 0.6) is 5.75 Å². The number of alkyl halides is 1. The van der Waals surface area contributed by atoms with Crippen molar-refractivity contribution in [2.75, 3.05) is 42.3 Å². The fourth-order valence-corrected chi connectivity index (χ4v) is 3.80. The number of anilines is 3. The molecule has 22 heavy (non-hydrogen) atoms. The van der Waals surface area contributed by atoms with Gasteiger partial charge in [0.1, 0.15) is 5.75 Å². The summed E-state index contributed by atoms with van der Waals surface area (Å²) in [6.45, 7) is 3.01. The molecule has 0 radical (unpaired) electrons. The van der Waals surface area contributed by atoms with Gasteiger partial charge in [-0.2, -0.15) is 0 Å². The Morgan fingerprint density at radius 2 is 1.64 bits per heavy atom. The Hall–Kier alpha value is -1.63. The van der Waals surface area contributed by atoms with Crippen LogP contribution in [0.15, 0.2) is 48.5 Å². The van der Waals surface area contributed by atoms with Gasteiger partial charge in [-0.3, -0.25) is 0 Å². The average molecular weight is 409 g/mol. The fraction of sp³-hybridized carbons (Fsp3) is 0.294. The first-order valence-electron chi connectivity index (χ1n) is 7.32. The molecule has 5 heteroatoms. The van der Waals surface area contributed by atoms with Crippen LogP contribution in [0, 0.1) is 0 Å². The second-order valence-electron chi connectivity index (χ2n) is 5.36. The van der Waals surface area contributed by atoms with Crippen LogP contribution in [0.3, 0.4) is 0 Å². The van der Waals surface area contributed by atoms with Gasteiger partial charge in [-0.25, -0.2) is 0 Å². The van der Waals surface area contributed by atoms with Crippen LogP contribution in [0.25, 0.3) is 0 Å². The molecular weight excluding hydrogens is 389 g/mol. The molecule has 1 heterocycles. The molecule has 1 atom stereocenters. The number of hydrogen-bond donors (Lipinski definition) is 1. The summed E-state index contributed by atoms with van der Waals surface area (Å²) >= 11 is 2.52. The van der Waals surface area contributed by atoms with Crippen LogP contribution >= 0.6 is 22.6 Å². The Bertz CT molecular complexity index is 615. The van der Waals surface area contributed by atoms with E-state index in [0.717, 1.165) is 31.1 Å². The Morgan fingerprint density at radius 3 is 2.23 bits per heavy atom. The highest BCUT2D eigenvalue weighted by molar-refractivity contribution is 14.1. The number of nitrogens with zero attached hydrogens (tertiary/aromatic N) is 2. The summed E-state index contributed by atoms with van der Waals surface area (Å²) in [5.41, 5.74) is 9.07. The van der Waals surface area contributed by atoms with Crippen molar-refractivity contribution in [1.29, 1.82) is 0 Å². The molecule has 3 rings (SSSR count). The molecule has 1 aliphatic rings. The highest BCUT2D eigenvalue weighted by Crippen LogP contribution is 2.28. The number of hydrogen-bond acceptors (Lipinski definition) is 4. The SMILES string of the molecule is COc1ccc(N2CCN(c3ccc(N)cc3)C(I)C2)cc1. The zero-order valence-corrected chi connectivity index (χ0v) is 14.7. The van der Waals surface area contributed by atoms with Gasteiger partial charge in [0.05, 0.1) is 11.2 Å². The molecule has 1 aliphatic heterocycles. The largest absolute Gasteiger partial charge is 0.497 e. The third-order valence-corrected chi connectivity index (χ3v) is 5.05. The van der Waals surface area contributed by atoms with Crippen LogP contribution in [-0.4, -0.2) is 30.8 Å². The summed E-state index contributed by atoms with van der Waals surface area (Å²) in [6, 6.07) is 16.4. The van der Waals surface area contributed by atoms with Crippen LogP contribution in [0.1, 0.15) is 0 Å². The normalized spacial score (nSPS) is 18.4. The molecule has 0 bridgehead atoms. The maximum absolute atomic E-state index is 5.77. The molecule has 4 nitrogen and oxygen atoms in total. The number of nitrogen functional groups attached to an aromatic ring is 1. The summed E-state index contributed by atoms with van der Waals surface area (Å²) in [6.07, 6.45) is 0. The molecule has 0 saturated carbocycles. The second kappa shape index (κ2) is 6.64. The predicted octanol–water partition coefficient (Wildman–Crippen LogP) is 3.37. The lowest BCUT2D eigenvalue weighted by Gasteiger charge is -2.41. The van der Waals surface area contributed by atoms with Gasteiger partial charge in [-0.1, -0.05) is 22.6 Å². The minimum absolute atomic E-state index is 0.428. The Morgan fingerprint density at radius 1 is 1.00 bits per heavy atom. The number of halogens is 1. The Kier molecular flexibility index (Phi) is 4.61. The number of ether oxygens (including phenoxy) is 1. The van der Waals surface area contributed by atoms with Gasteiger partial charge in [0, 0.05) is 36.7 Å². The molecule has 2 aromatic rings. The summed E-state index contributed by atoms with van der Waals surface area (Å²) in [5.74, 6) is 0.898. The highest BCUT2D eigenvalue weighted by Gasteiger charge is 2.25. The van der Waals surface area contributed by atoms with E-state index in [1.807, 2.05) is 24.3 Å². The summed E-state index contributed by atoms with van der Waals surface area (Å²) in [5, 5.41) is 0. The van der Waals surface area contributed by atoms with E-state index < -0.39 is 0 Å². The van der Waals surface area contributed by atoms with Crippen molar-refractivity contribution in [3.05, 3.63) is 48.5 Å². The first kappa shape index (κ1) is 15.3. The van der Waals surface area contributed by atoms with Crippen molar-refractivity contribution in [2.45, 2.75) is 4.05 Å². The maximum Gasteiger partial charge on any atom is 0.119 e. The van der Waals surface area contributed by atoms with Gasteiger partial charge >= 0.3 is 0 Å². The van der Waals surface area contributed by atoms with E-state index in [1.165, 1.54) is 11.4 Å². The number of methoxy groups -OCH3 is 1. The molecule has 2 N–H and O–H groups in total. The van der Waals surface area contributed by atoms with Crippen molar-refractivity contribution in [1.82, 2.24) is 0 Å². The predicted molar refractivity (Wildman–Crippen MR) is 101 cm³/mol. The third-order valence-electron chi connectivity index (χ3n) is 3.98. The first-order chi connectivity index (χ1) is 10.7. The van der Waals surface area contributed by atoms with Crippen LogP contribution in [-0.2, 0) is 0 Å². The zero-order valence-electron chi connectivity index (χ0n) is 12.6. The van der Waals surface area contributed by atoms with Gasteiger partial charge < -0.3 is 20.3 Å². The Balaban J connectivity index is 1.70. The van der Waals surface area contributed by atoms with Crippen molar-refractivity contribution < 1.29 is 4.74 Å². The molecule has 0 aliphatic carbocycles. The molecule has 0 spiro atoms. The van der Waals surface area contributed by atoms with Crippen LogP contribution in [0.2, 0.25) is 0 Å². The lowest BCUT2D eigenvalue weighted by molar-refractivity contribution is 0.415. The number of benzene rings is 2. The molecule has 0 aromatic heterocycles. The molecule has 1 saturated heterocycles. The quantitative estimate of drug-likeness (QED) is 0.366. The Labute approximate surface area is 145 Å². The summed E-state index contributed by atoms with van der Waals surface area (Å²) in [7, 11) is 1.70. The highest BCUT2D eigenvalue weighted by atomic mass is 127. The van der Waals surface area contributed by atoms with E-state index in [9.17, 15) is 0 Å².